The van der Waals surface area contributed by atoms with Gasteiger partial charge in [-0.25, -0.2) is 8.42 Å². The van der Waals surface area contributed by atoms with Crippen molar-refractivity contribution in [3.05, 3.63) is 69.7 Å². The third-order valence-corrected chi connectivity index (χ3v) is 5.10. The van der Waals surface area contributed by atoms with Gasteiger partial charge >= 0.3 is 0 Å². The summed E-state index contributed by atoms with van der Waals surface area (Å²) in [6.45, 7) is 0. The number of carbonyl (C=O) groups excluding carboxylic acids is 1. The third-order valence-electron chi connectivity index (χ3n) is 3.62. The molecule has 0 amide bonds. The lowest BCUT2D eigenvalue weighted by molar-refractivity contribution is -0.108. The molecule has 23 heavy (non-hydrogen) atoms. The molecule has 4 nitrogen and oxygen atoms in total. The molecule has 2 aromatic carbocycles. The molecule has 0 aromatic heterocycles. The van der Waals surface area contributed by atoms with E-state index >= 15 is 0 Å². The van der Waals surface area contributed by atoms with Crippen LogP contribution >= 0.6 is 15.9 Å². The molecule has 1 unspecified atom stereocenters. The van der Waals surface area contributed by atoms with Gasteiger partial charge < -0.3 is 9.53 Å². The Morgan fingerprint density at radius 2 is 1.78 bits per heavy atom. The molecule has 1 heterocycles. The van der Waals surface area contributed by atoms with Crippen molar-refractivity contribution >= 4 is 38.7 Å². The molecular formula is C17H13BrO4S. The van der Waals surface area contributed by atoms with E-state index in [9.17, 15) is 13.2 Å². The smallest absolute Gasteiger partial charge is 0.145 e. The molecule has 0 N–H and O–H groups in total. The van der Waals surface area contributed by atoms with Crippen molar-refractivity contribution in [3.63, 3.8) is 0 Å². The highest BCUT2D eigenvalue weighted by atomic mass is 79.9. The van der Waals surface area contributed by atoms with Crippen LogP contribution in [-0.2, 0) is 21.3 Å². The minimum atomic E-state index is -2.45. The van der Waals surface area contributed by atoms with Gasteiger partial charge in [0.2, 0.25) is 0 Å². The summed E-state index contributed by atoms with van der Waals surface area (Å²) >= 11 is 3.47. The summed E-state index contributed by atoms with van der Waals surface area (Å²) in [5.74, 6) is 0.815. The van der Waals surface area contributed by atoms with E-state index in [1.807, 2.05) is 24.3 Å². The SMILES string of the molecule is O=CC1C(Br)=C(c2ccc(C[SH](=O)=O)cc2)Oc2ccccc21. The number of allylic oxidation sites excluding steroid dienone is 1. The van der Waals surface area contributed by atoms with Gasteiger partial charge in [0.05, 0.1) is 16.2 Å². The van der Waals surface area contributed by atoms with Crippen molar-refractivity contribution in [2.75, 3.05) is 0 Å². The molecule has 1 atom stereocenters. The summed E-state index contributed by atoms with van der Waals surface area (Å²) in [6, 6.07) is 14.5. The van der Waals surface area contributed by atoms with Crippen LogP contribution in [0.5, 0.6) is 5.75 Å². The summed E-state index contributed by atoms with van der Waals surface area (Å²) in [5, 5.41) is 0. The lowest BCUT2D eigenvalue weighted by Crippen LogP contribution is -2.13. The van der Waals surface area contributed by atoms with Gasteiger partial charge in [0.25, 0.3) is 0 Å². The molecule has 0 bridgehead atoms. The Morgan fingerprint density at radius 3 is 2.43 bits per heavy atom. The number of fused-ring (bicyclic) bond motifs is 1. The Balaban J connectivity index is 2.00. The third kappa shape index (κ3) is 3.23. The first-order chi connectivity index (χ1) is 11.1. The number of rotatable bonds is 4. The molecule has 1 aliphatic heterocycles. The van der Waals surface area contributed by atoms with E-state index in [0.29, 0.717) is 21.6 Å². The zero-order valence-corrected chi connectivity index (χ0v) is 14.4. The molecule has 6 heteroatoms. The zero-order chi connectivity index (χ0) is 16.4. The van der Waals surface area contributed by atoms with Crippen LogP contribution < -0.4 is 4.74 Å². The highest BCUT2D eigenvalue weighted by molar-refractivity contribution is 9.11. The van der Waals surface area contributed by atoms with Crippen LogP contribution in [0.4, 0.5) is 0 Å². The lowest BCUT2D eigenvalue weighted by atomic mass is 9.95. The maximum absolute atomic E-state index is 11.5. The number of para-hydroxylation sites is 1. The number of halogens is 1. The molecule has 0 saturated carbocycles. The fourth-order valence-corrected chi connectivity index (χ4v) is 3.68. The van der Waals surface area contributed by atoms with E-state index in [-0.39, 0.29) is 5.75 Å². The molecule has 0 radical (unpaired) electrons. The summed E-state index contributed by atoms with van der Waals surface area (Å²) in [4.78, 5) is 11.5. The fourth-order valence-electron chi connectivity index (χ4n) is 2.51. The largest absolute Gasteiger partial charge is 0.456 e. The predicted octanol–water partition coefficient (Wildman–Crippen LogP) is 3.24. The number of benzene rings is 2. The Hall–Kier alpha value is -1.92. The quantitative estimate of drug-likeness (QED) is 0.640. The Labute approximate surface area is 143 Å². The van der Waals surface area contributed by atoms with Gasteiger partial charge in [-0.1, -0.05) is 58.4 Å². The standard InChI is InChI=1S/C17H13BrO4S/c18-16-14(9-19)13-3-1-2-4-15(13)22-17(16)12-7-5-11(6-8-12)10-23(20)21/h1-9,14,23H,10H2. The molecule has 0 aliphatic carbocycles. The van der Waals surface area contributed by atoms with Gasteiger partial charge in [0.1, 0.15) is 28.5 Å². The summed E-state index contributed by atoms with van der Waals surface area (Å²) < 4.78 is 28.2. The van der Waals surface area contributed by atoms with Crippen molar-refractivity contribution in [3.8, 4) is 5.75 Å². The number of carbonyl (C=O) groups is 1. The number of hydrogen-bond acceptors (Lipinski definition) is 4. The topological polar surface area (TPSA) is 60.4 Å². The average Bonchev–Trinajstić information content (AvgIpc) is 2.55. The van der Waals surface area contributed by atoms with Crippen molar-refractivity contribution in [2.45, 2.75) is 11.7 Å². The van der Waals surface area contributed by atoms with Crippen molar-refractivity contribution < 1.29 is 17.9 Å². The average molecular weight is 393 g/mol. The van der Waals surface area contributed by atoms with Gasteiger partial charge in [0.15, 0.2) is 0 Å². The lowest BCUT2D eigenvalue weighted by Gasteiger charge is -2.25. The fraction of sp³-hybridized carbons (Fsp3) is 0.118. The Bertz CT molecular complexity index is 845. The van der Waals surface area contributed by atoms with Gasteiger partial charge in [-0.15, -0.1) is 0 Å². The van der Waals surface area contributed by atoms with E-state index in [1.165, 1.54) is 0 Å². The van der Waals surface area contributed by atoms with Crippen LogP contribution in [0.15, 0.2) is 53.0 Å². The van der Waals surface area contributed by atoms with E-state index in [4.69, 9.17) is 4.74 Å². The molecule has 0 spiro atoms. The number of aldehydes is 1. The number of thiol groups is 1. The van der Waals surface area contributed by atoms with E-state index < -0.39 is 16.6 Å². The Kier molecular flexibility index (Phi) is 4.63. The molecule has 1 aliphatic rings. The van der Waals surface area contributed by atoms with E-state index in [2.05, 4.69) is 15.9 Å². The number of ether oxygens (including phenoxy) is 1. The maximum atomic E-state index is 11.5. The minimum Gasteiger partial charge on any atom is -0.456 e. The first kappa shape index (κ1) is 16.0. The van der Waals surface area contributed by atoms with E-state index in [1.54, 1.807) is 24.3 Å². The summed E-state index contributed by atoms with van der Waals surface area (Å²) in [5.41, 5.74) is 2.31. The number of hydrogen-bond donors (Lipinski definition) is 1. The first-order valence-electron chi connectivity index (χ1n) is 6.93. The van der Waals surface area contributed by atoms with Gasteiger partial charge in [-0.2, -0.15) is 0 Å². The van der Waals surface area contributed by atoms with Crippen LogP contribution in [0.3, 0.4) is 0 Å². The molecule has 2 aromatic rings. The zero-order valence-electron chi connectivity index (χ0n) is 11.9. The molecule has 118 valence electrons. The van der Waals surface area contributed by atoms with E-state index in [0.717, 1.165) is 17.4 Å². The van der Waals surface area contributed by atoms with Gasteiger partial charge in [-0.3, -0.25) is 0 Å². The second kappa shape index (κ2) is 6.68. The van der Waals surface area contributed by atoms with Crippen LogP contribution in [0, 0.1) is 0 Å². The summed E-state index contributed by atoms with van der Waals surface area (Å²) in [6.07, 6.45) is 0.877. The van der Waals surface area contributed by atoms with Crippen LogP contribution in [0.2, 0.25) is 0 Å². The molecule has 3 rings (SSSR count). The van der Waals surface area contributed by atoms with Crippen molar-refractivity contribution in [2.24, 2.45) is 0 Å². The minimum absolute atomic E-state index is 0.0104. The normalized spacial score (nSPS) is 16.9. The molecular weight excluding hydrogens is 380 g/mol. The van der Waals surface area contributed by atoms with Crippen molar-refractivity contribution in [1.29, 1.82) is 0 Å². The second-order valence-corrected chi connectivity index (χ2v) is 6.95. The first-order valence-corrected chi connectivity index (χ1v) is 9.08. The molecule has 0 saturated heterocycles. The highest BCUT2D eigenvalue weighted by Gasteiger charge is 2.28. The maximum Gasteiger partial charge on any atom is 0.145 e. The Morgan fingerprint density at radius 1 is 1.09 bits per heavy atom. The monoisotopic (exact) mass is 392 g/mol. The van der Waals surface area contributed by atoms with Crippen LogP contribution in [0.25, 0.3) is 5.76 Å². The van der Waals surface area contributed by atoms with Crippen LogP contribution in [-0.4, -0.2) is 14.7 Å². The highest BCUT2D eigenvalue weighted by Crippen LogP contribution is 2.43. The summed E-state index contributed by atoms with van der Waals surface area (Å²) in [7, 11) is -2.45. The predicted molar refractivity (Wildman–Crippen MR) is 92.2 cm³/mol. The van der Waals surface area contributed by atoms with Crippen LogP contribution in [0.1, 0.15) is 22.6 Å². The second-order valence-electron chi connectivity index (χ2n) is 5.12. The van der Waals surface area contributed by atoms with Crippen molar-refractivity contribution in [1.82, 2.24) is 0 Å². The molecule has 0 fully saturated rings. The van der Waals surface area contributed by atoms with Gasteiger partial charge in [0, 0.05) is 11.1 Å². The van der Waals surface area contributed by atoms with Gasteiger partial charge in [-0.05, 0) is 11.6 Å².